The van der Waals surface area contributed by atoms with Gasteiger partial charge in [-0.3, -0.25) is 9.59 Å². The number of hydrogen-bond acceptors (Lipinski definition) is 4. The lowest BCUT2D eigenvalue weighted by Gasteiger charge is -2.19. The number of carboxylic acid groups (broad SMARTS) is 1. The quantitative estimate of drug-likeness (QED) is 0.669. The molecular weight excluding hydrogens is 334 g/mol. The summed E-state index contributed by atoms with van der Waals surface area (Å²) in [7, 11) is 0. The minimum absolute atomic E-state index is 0.400. The molecule has 0 aromatic heterocycles. The maximum Gasteiger partial charge on any atom is 0.345 e. The van der Waals surface area contributed by atoms with Crippen LogP contribution in [0.25, 0.3) is 0 Å². The van der Waals surface area contributed by atoms with Gasteiger partial charge in [-0.2, -0.15) is 0 Å². The molecule has 3 N–H and O–H groups in total. The van der Waals surface area contributed by atoms with Crippen molar-refractivity contribution in [2.24, 2.45) is 11.7 Å². The zero-order valence-electron chi connectivity index (χ0n) is 14.2. The Morgan fingerprint density at radius 3 is 1.73 bits per heavy atom. The third kappa shape index (κ3) is 6.05. The molecule has 0 saturated carbocycles. The SMILES string of the molecule is NC(=O)CC(OC(=O)C(Cc1ccccc1)Cc1ccccc1)C(=O)O. The lowest BCUT2D eigenvalue weighted by molar-refractivity contribution is -0.168. The molecule has 0 heterocycles. The average molecular weight is 355 g/mol. The molecule has 0 aliphatic rings. The number of esters is 1. The van der Waals surface area contributed by atoms with Gasteiger partial charge in [0.1, 0.15) is 0 Å². The lowest BCUT2D eigenvalue weighted by Crippen LogP contribution is -2.35. The first-order valence-electron chi connectivity index (χ1n) is 8.25. The van der Waals surface area contributed by atoms with Crippen LogP contribution >= 0.6 is 0 Å². The number of aliphatic carboxylic acids is 1. The van der Waals surface area contributed by atoms with E-state index in [1.54, 1.807) is 0 Å². The predicted molar refractivity (Wildman–Crippen MR) is 95.1 cm³/mol. The molecule has 1 atom stereocenters. The summed E-state index contributed by atoms with van der Waals surface area (Å²) in [5.74, 6) is -3.47. The van der Waals surface area contributed by atoms with Crippen LogP contribution in [0, 0.1) is 5.92 Å². The van der Waals surface area contributed by atoms with Crippen LogP contribution in [0.4, 0.5) is 0 Å². The summed E-state index contributed by atoms with van der Waals surface area (Å²) >= 11 is 0. The van der Waals surface area contributed by atoms with Crippen LogP contribution in [-0.4, -0.2) is 29.1 Å². The number of benzene rings is 2. The summed E-state index contributed by atoms with van der Waals surface area (Å²) in [6.07, 6.45) is -1.33. The molecule has 0 saturated heterocycles. The highest BCUT2D eigenvalue weighted by Gasteiger charge is 2.29. The van der Waals surface area contributed by atoms with Crippen LogP contribution in [0.2, 0.25) is 0 Å². The van der Waals surface area contributed by atoms with E-state index >= 15 is 0 Å². The molecular formula is C20H21NO5. The van der Waals surface area contributed by atoms with Crippen LogP contribution in [0.15, 0.2) is 60.7 Å². The molecule has 1 unspecified atom stereocenters. The van der Waals surface area contributed by atoms with E-state index in [1.807, 2.05) is 60.7 Å². The summed E-state index contributed by atoms with van der Waals surface area (Å²) in [5, 5.41) is 9.15. The van der Waals surface area contributed by atoms with Crippen molar-refractivity contribution in [1.82, 2.24) is 0 Å². The van der Waals surface area contributed by atoms with Gasteiger partial charge in [-0.1, -0.05) is 60.7 Å². The number of carbonyl (C=O) groups is 3. The fraction of sp³-hybridized carbons (Fsp3) is 0.250. The van der Waals surface area contributed by atoms with Crippen molar-refractivity contribution in [3.8, 4) is 0 Å². The molecule has 2 aromatic carbocycles. The third-order valence-corrected chi connectivity index (χ3v) is 3.90. The number of hydrogen-bond donors (Lipinski definition) is 2. The number of carbonyl (C=O) groups excluding carboxylic acids is 2. The Morgan fingerprint density at radius 1 is 0.885 bits per heavy atom. The highest BCUT2D eigenvalue weighted by molar-refractivity contribution is 5.85. The van der Waals surface area contributed by atoms with Gasteiger partial charge in [0.05, 0.1) is 12.3 Å². The molecule has 6 nitrogen and oxygen atoms in total. The normalized spacial score (nSPS) is 11.7. The third-order valence-electron chi connectivity index (χ3n) is 3.90. The maximum absolute atomic E-state index is 12.6. The molecule has 2 rings (SSSR count). The van der Waals surface area contributed by atoms with Crippen molar-refractivity contribution in [2.75, 3.05) is 0 Å². The van der Waals surface area contributed by atoms with Crippen LogP contribution < -0.4 is 5.73 Å². The standard InChI is InChI=1S/C20H21NO5/c21-18(22)13-17(19(23)24)26-20(25)16(11-14-7-3-1-4-8-14)12-15-9-5-2-6-10-15/h1-10,16-17H,11-13H2,(H2,21,22)(H,23,24). The molecule has 1 amide bonds. The van der Waals surface area contributed by atoms with E-state index in [4.69, 9.17) is 15.6 Å². The minimum Gasteiger partial charge on any atom is -0.478 e. The Hall–Kier alpha value is -3.15. The molecule has 6 heteroatoms. The van der Waals surface area contributed by atoms with Gasteiger partial charge in [0.15, 0.2) is 0 Å². The summed E-state index contributed by atoms with van der Waals surface area (Å²) in [5.41, 5.74) is 6.91. The predicted octanol–water partition coefficient (Wildman–Crippen LogP) is 1.96. The van der Waals surface area contributed by atoms with Gasteiger partial charge in [0.25, 0.3) is 0 Å². The number of rotatable bonds is 9. The topological polar surface area (TPSA) is 107 Å². The fourth-order valence-electron chi connectivity index (χ4n) is 2.63. The first kappa shape index (κ1) is 19.2. The van der Waals surface area contributed by atoms with E-state index in [9.17, 15) is 14.4 Å². The molecule has 0 radical (unpaired) electrons. The monoisotopic (exact) mass is 355 g/mol. The van der Waals surface area contributed by atoms with E-state index in [0.717, 1.165) is 11.1 Å². The number of primary amides is 1. The summed E-state index contributed by atoms with van der Waals surface area (Å²) in [6, 6.07) is 18.8. The molecule has 26 heavy (non-hydrogen) atoms. The fourth-order valence-corrected chi connectivity index (χ4v) is 2.63. The summed E-state index contributed by atoms with van der Waals surface area (Å²) in [4.78, 5) is 34.9. The van der Waals surface area contributed by atoms with Gasteiger partial charge in [0, 0.05) is 0 Å². The largest absolute Gasteiger partial charge is 0.478 e. The van der Waals surface area contributed by atoms with Crippen molar-refractivity contribution < 1.29 is 24.2 Å². The average Bonchev–Trinajstić information content (AvgIpc) is 2.62. The second-order valence-electron chi connectivity index (χ2n) is 6.01. The highest BCUT2D eigenvalue weighted by Crippen LogP contribution is 2.18. The number of nitrogens with two attached hydrogens (primary N) is 1. The van der Waals surface area contributed by atoms with E-state index in [2.05, 4.69) is 0 Å². The molecule has 136 valence electrons. The molecule has 0 aliphatic heterocycles. The molecule has 2 aromatic rings. The minimum atomic E-state index is -1.57. The first-order chi connectivity index (χ1) is 12.5. The Morgan fingerprint density at radius 2 is 1.35 bits per heavy atom. The maximum atomic E-state index is 12.6. The van der Waals surface area contributed by atoms with E-state index in [0.29, 0.717) is 12.8 Å². The van der Waals surface area contributed by atoms with Crippen LogP contribution in [0.5, 0.6) is 0 Å². The van der Waals surface area contributed by atoms with Crippen LogP contribution in [-0.2, 0) is 32.0 Å². The van der Waals surface area contributed by atoms with Crippen molar-refractivity contribution >= 4 is 17.8 Å². The zero-order valence-corrected chi connectivity index (χ0v) is 14.2. The van der Waals surface area contributed by atoms with E-state index < -0.39 is 36.3 Å². The molecule has 0 spiro atoms. The summed E-state index contributed by atoms with van der Waals surface area (Å²) in [6.45, 7) is 0. The number of carboxylic acids is 1. The van der Waals surface area contributed by atoms with Gasteiger partial charge in [-0.15, -0.1) is 0 Å². The highest BCUT2D eigenvalue weighted by atomic mass is 16.6. The Labute approximate surface area is 151 Å². The van der Waals surface area contributed by atoms with E-state index in [-0.39, 0.29) is 0 Å². The van der Waals surface area contributed by atoms with Crippen molar-refractivity contribution in [2.45, 2.75) is 25.4 Å². The smallest absolute Gasteiger partial charge is 0.345 e. The van der Waals surface area contributed by atoms with Crippen LogP contribution in [0.1, 0.15) is 17.5 Å². The Bertz CT molecular complexity index is 704. The van der Waals surface area contributed by atoms with Gasteiger partial charge in [0.2, 0.25) is 12.0 Å². The number of ether oxygens (including phenoxy) is 1. The van der Waals surface area contributed by atoms with Crippen molar-refractivity contribution in [3.05, 3.63) is 71.8 Å². The molecule has 0 bridgehead atoms. The number of amides is 1. The second-order valence-corrected chi connectivity index (χ2v) is 6.01. The summed E-state index contributed by atoms with van der Waals surface area (Å²) < 4.78 is 5.09. The molecule has 0 fully saturated rings. The van der Waals surface area contributed by atoms with Gasteiger partial charge >= 0.3 is 11.9 Å². The molecule has 0 aliphatic carbocycles. The van der Waals surface area contributed by atoms with Crippen LogP contribution in [0.3, 0.4) is 0 Å². The first-order valence-corrected chi connectivity index (χ1v) is 8.25. The van der Waals surface area contributed by atoms with Gasteiger partial charge in [-0.05, 0) is 24.0 Å². The van der Waals surface area contributed by atoms with E-state index in [1.165, 1.54) is 0 Å². The zero-order chi connectivity index (χ0) is 18.9. The Balaban J connectivity index is 2.16. The van der Waals surface area contributed by atoms with Crippen molar-refractivity contribution in [3.63, 3.8) is 0 Å². The lowest BCUT2D eigenvalue weighted by atomic mass is 9.92. The Kier molecular flexibility index (Phi) is 6.91. The van der Waals surface area contributed by atoms with Gasteiger partial charge < -0.3 is 15.6 Å². The van der Waals surface area contributed by atoms with Crippen molar-refractivity contribution in [1.29, 1.82) is 0 Å². The second kappa shape index (κ2) is 9.36. The van der Waals surface area contributed by atoms with Gasteiger partial charge in [-0.25, -0.2) is 4.79 Å².